The number of fused-ring (bicyclic) bond motifs is 2. The number of benzene rings is 2. The highest BCUT2D eigenvalue weighted by Crippen LogP contribution is 2.48. The number of carbonyl (C=O) groups excluding carboxylic acids is 2. The van der Waals surface area contributed by atoms with Gasteiger partial charge in [-0.25, -0.2) is 0 Å². The van der Waals surface area contributed by atoms with Gasteiger partial charge in [-0.2, -0.15) is 0 Å². The monoisotopic (exact) mass is 395 g/mol. The lowest BCUT2D eigenvalue weighted by Gasteiger charge is -2.29. The molecule has 1 fully saturated rings. The highest BCUT2D eigenvalue weighted by molar-refractivity contribution is 6.10. The van der Waals surface area contributed by atoms with Gasteiger partial charge in [-0.05, 0) is 50.6 Å². The molecular weight excluding hydrogens is 370 g/mol. The molecule has 0 unspecified atom stereocenters. The van der Waals surface area contributed by atoms with Crippen LogP contribution >= 0.6 is 0 Å². The number of amides is 2. The van der Waals surface area contributed by atoms with Gasteiger partial charge in [-0.15, -0.1) is 0 Å². The highest BCUT2D eigenvalue weighted by Gasteiger charge is 2.60. The number of aryl methyl sites for hydroxylation is 1. The summed E-state index contributed by atoms with van der Waals surface area (Å²) >= 11 is 0. The Hall–Kier alpha value is -2.90. The Morgan fingerprint density at radius 2 is 2.00 bits per heavy atom. The second kappa shape index (κ2) is 7.17. The third-order valence-corrected chi connectivity index (χ3v) is 5.89. The van der Waals surface area contributed by atoms with Crippen LogP contribution in [0.4, 0.5) is 11.4 Å². The lowest BCUT2D eigenvalue weighted by Crippen LogP contribution is -2.53. The zero-order valence-electron chi connectivity index (χ0n) is 16.7. The molecule has 4 N–H and O–H groups in total. The van der Waals surface area contributed by atoms with Crippen LogP contribution in [0, 0.1) is 12.8 Å². The van der Waals surface area contributed by atoms with E-state index in [9.17, 15) is 14.7 Å². The Kier molecular flexibility index (Phi) is 4.80. The third-order valence-electron chi connectivity index (χ3n) is 5.89. The molecule has 4 atom stereocenters. The number of nitrogens with one attached hydrogen (secondary N) is 3. The van der Waals surface area contributed by atoms with Crippen LogP contribution < -0.4 is 20.7 Å². The predicted octanol–water partition coefficient (Wildman–Crippen LogP) is 2.15. The molecule has 7 nitrogen and oxygen atoms in total. The second-order valence-corrected chi connectivity index (χ2v) is 7.81. The van der Waals surface area contributed by atoms with E-state index in [1.54, 1.807) is 38.3 Å². The van der Waals surface area contributed by atoms with Gasteiger partial charge >= 0.3 is 0 Å². The van der Waals surface area contributed by atoms with Crippen LogP contribution in [0.3, 0.4) is 0 Å². The van der Waals surface area contributed by atoms with Crippen molar-refractivity contribution >= 4 is 23.2 Å². The molecule has 0 aliphatic carbocycles. The van der Waals surface area contributed by atoms with Crippen molar-refractivity contribution in [1.29, 1.82) is 0 Å². The Labute approximate surface area is 169 Å². The van der Waals surface area contributed by atoms with Crippen molar-refractivity contribution in [2.24, 2.45) is 5.92 Å². The molecule has 0 aromatic heterocycles. The normalized spacial score (nSPS) is 26.1. The van der Waals surface area contributed by atoms with Crippen LogP contribution in [0.25, 0.3) is 0 Å². The first-order valence-electron chi connectivity index (χ1n) is 9.68. The minimum absolute atomic E-state index is 0.267. The van der Waals surface area contributed by atoms with E-state index in [1.807, 2.05) is 25.1 Å². The number of anilines is 2. The smallest absolute Gasteiger partial charge is 0.250 e. The van der Waals surface area contributed by atoms with Gasteiger partial charge in [0.2, 0.25) is 11.8 Å². The summed E-state index contributed by atoms with van der Waals surface area (Å²) < 4.78 is 5.15. The summed E-state index contributed by atoms with van der Waals surface area (Å²) in [6.07, 6.45) is -0.354. The fourth-order valence-electron chi connectivity index (χ4n) is 4.33. The first-order valence-corrected chi connectivity index (χ1v) is 9.68. The number of carbonyl (C=O) groups is 2. The molecule has 1 saturated heterocycles. The largest absolute Gasteiger partial charge is 0.497 e. The number of methoxy groups -OCH3 is 1. The van der Waals surface area contributed by atoms with Crippen LogP contribution in [-0.4, -0.2) is 36.2 Å². The summed E-state index contributed by atoms with van der Waals surface area (Å²) in [6.45, 7) is 3.61. The Morgan fingerprint density at radius 1 is 1.28 bits per heavy atom. The predicted molar refractivity (Wildman–Crippen MR) is 110 cm³/mol. The lowest BCUT2D eigenvalue weighted by atomic mass is 9.79. The minimum Gasteiger partial charge on any atom is -0.497 e. The second-order valence-electron chi connectivity index (χ2n) is 7.81. The molecule has 29 heavy (non-hydrogen) atoms. The molecule has 2 aliphatic heterocycles. The zero-order valence-corrected chi connectivity index (χ0v) is 16.7. The molecule has 152 valence electrons. The zero-order chi connectivity index (χ0) is 20.8. The van der Waals surface area contributed by atoms with Crippen molar-refractivity contribution in [2.45, 2.75) is 38.0 Å². The summed E-state index contributed by atoms with van der Waals surface area (Å²) in [6, 6.07) is 12.4. The highest BCUT2D eigenvalue weighted by atomic mass is 16.5. The maximum Gasteiger partial charge on any atom is 0.250 e. The molecular formula is C22H25N3O4. The first kappa shape index (κ1) is 19.4. The van der Waals surface area contributed by atoms with E-state index in [0.29, 0.717) is 23.5 Å². The number of ether oxygens (including phenoxy) is 1. The molecule has 7 heteroatoms. The maximum absolute atomic E-state index is 13.3. The van der Waals surface area contributed by atoms with Crippen LogP contribution in [0.15, 0.2) is 42.5 Å². The first-order chi connectivity index (χ1) is 13.8. The Bertz CT molecular complexity index is 957. The van der Waals surface area contributed by atoms with E-state index in [0.717, 1.165) is 11.1 Å². The lowest BCUT2D eigenvalue weighted by molar-refractivity contribution is -0.130. The van der Waals surface area contributed by atoms with Gasteiger partial charge in [0, 0.05) is 23.0 Å². The summed E-state index contributed by atoms with van der Waals surface area (Å²) in [7, 11) is 1.58. The number of aliphatic hydroxyl groups excluding tert-OH is 1. The van der Waals surface area contributed by atoms with Crippen LogP contribution in [-0.2, 0) is 15.1 Å². The summed E-state index contributed by atoms with van der Waals surface area (Å²) in [4.78, 5) is 26.4. The molecule has 2 heterocycles. The molecule has 2 amide bonds. The van der Waals surface area contributed by atoms with E-state index in [-0.39, 0.29) is 17.9 Å². The van der Waals surface area contributed by atoms with E-state index < -0.39 is 17.6 Å². The van der Waals surface area contributed by atoms with Crippen LogP contribution in [0.2, 0.25) is 0 Å². The van der Waals surface area contributed by atoms with Crippen molar-refractivity contribution in [3.8, 4) is 5.75 Å². The summed E-state index contributed by atoms with van der Waals surface area (Å²) in [5.41, 5.74) is 1.85. The minimum atomic E-state index is -1.21. The number of aliphatic hydroxyl groups is 1. The average Bonchev–Trinajstić information content (AvgIpc) is 3.23. The molecule has 0 bridgehead atoms. The fraction of sp³-hybridized carbons (Fsp3) is 0.364. The Morgan fingerprint density at radius 3 is 2.66 bits per heavy atom. The maximum atomic E-state index is 13.3. The van der Waals surface area contributed by atoms with Crippen LogP contribution in [0.5, 0.6) is 5.75 Å². The molecule has 0 radical (unpaired) electrons. The number of rotatable bonds is 4. The average molecular weight is 395 g/mol. The molecule has 2 aromatic carbocycles. The van der Waals surface area contributed by atoms with E-state index >= 15 is 0 Å². The van der Waals surface area contributed by atoms with Gasteiger partial charge in [0.25, 0.3) is 0 Å². The van der Waals surface area contributed by atoms with E-state index in [2.05, 4.69) is 16.0 Å². The molecule has 2 aromatic rings. The third kappa shape index (κ3) is 3.16. The van der Waals surface area contributed by atoms with Gasteiger partial charge in [0.05, 0.1) is 19.1 Å². The van der Waals surface area contributed by atoms with Crippen molar-refractivity contribution < 1.29 is 19.4 Å². The summed E-state index contributed by atoms with van der Waals surface area (Å²) in [5, 5.41) is 19.3. The molecule has 0 saturated carbocycles. The number of hydrogen-bond donors (Lipinski definition) is 4. The van der Waals surface area contributed by atoms with Gasteiger partial charge in [-0.3, -0.25) is 14.9 Å². The van der Waals surface area contributed by atoms with Gasteiger partial charge in [-0.1, -0.05) is 17.7 Å². The quantitative estimate of drug-likeness (QED) is 0.636. The van der Waals surface area contributed by atoms with Gasteiger partial charge in [0.15, 0.2) is 0 Å². The topological polar surface area (TPSA) is 99.7 Å². The fourth-order valence-corrected chi connectivity index (χ4v) is 4.33. The van der Waals surface area contributed by atoms with Crippen molar-refractivity contribution in [3.05, 3.63) is 53.6 Å². The van der Waals surface area contributed by atoms with Crippen LogP contribution in [0.1, 0.15) is 24.5 Å². The Balaban J connectivity index is 1.71. The molecule has 1 spiro atoms. The summed E-state index contributed by atoms with van der Waals surface area (Å²) in [5.74, 6) is -0.519. The standard InChI is InChI=1S/C22H25N3O4/c1-12-4-9-18-16(10-12)22(21(28)24-18)17(11-19(25-22)13(2)26)20(27)23-14-5-7-15(29-3)8-6-14/h4-10,13,17,19,25-26H,11H2,1-3H3,(H,23,27)(H,24,28)/t13-,17+,19-,22+/m1/s1. The van der Waals surface area contributed by atoms with Crippen molar-refractivity contribution in [1.82, 2.24) is 5.32 Å². The van der Waals surface area contributed by atoms with Gasteiger partial charge < -0.3 is 20.5 Å². The number of hydrogen-bond acceptors (Lipinski definition) is 5. The van der Waals surface area contributed by atoms with E-state index in [4.69, 9.17) is 4.74 Å². The van der Waals surface area contributed by atoms with Crippen molar-refractivity contribution in [3.63, 3.8) is 0 Å². The van der Waals surface area contributed by atoms with Gasteiger partial charge in [0.1, 0.15) is 11.3 Å². The molecule has 2 aliphatic rings. The van der Waals surface area contributed by atoms with E-state index in [1.165, 1.54) is 0 Å². The SMILES string of the molecule is COc1ccc(NC(=O)[C@@H]2C[C@H]([C@@H](C)O)N[C@]23C(=O)Nc2ccc(C)cc23)cc1. The van der Waals surface area contributed by atoms with Crippen molar-refractivity contribution in [2.75, 3.05) is 17.7 Å². The molecule has 4 rings (SSSR count).